The van der Waals surface area contributed by atoms with Crippen LogP contribution >= 0.6 is 11.3 Å². The molecular formula is C22H20N2O4S. The van der Waals surface area contributed by atoms with Crippen LogP contribution in [0, 0.1) is 0 Å². The first-order valence-electron chi connectivity index (χ1n) is 9.17. The van der Waals surface area contributed by atoms with Crippen LogP contribution in [0.25, 0.3) is 21.2 Å². The van der Waals surface area contributed by atoms with E-state index in [0.29, 0.717) is 29.3 Å². The van der Waals surface area contributed by atoms with Crippen LogP contribution in [0.1, 0.15) is 17.5 Å². The van der Waals surface area contributed by atoms with E-state index in [1.54, 1.807) is 25.3 Å². The van der Waals surface area contributed by atoms with Crippen molar-refractivity contribution >= 4 is 38.4 Å². The fourth-order valence-corrected chi connectivity index (χ4v) is 4.21. The molecule has 4 rings (SSSR count). The minimum absolute atomic E-state index is 0.169. The van der Waals surface area contributed by atoms with Crippen molar-refractivity contribution in [2.45, 2.75) is 13.5 Å². The van der Waals surface area contributed by atoms with E-state index < -0.39 is 5.91 Å². The van der Waals surface area contributed by atoms with Crippen molar-refractivity contribution in [2.75, 3.05) is 13.7 Å². The van der Waals surface area contributed by atoms with Crippen LogP contribution in [0.5, 0.6) is 11.5 Å². The van der Waals surface area contributed by atoms with Gasteiger partial charge in [-0.15, -0.1) is 6.58 Å². The minimum atomic E-state index is -0.447. The van der Waals surface area contributed by atoms with Crippen molar-refractivity contribution in [3.63, 3.8) is 0 Å². The molecule has 0 aliphatic rings. The summed E-state index contributed by atoms with van der Waals surface area (Å²) in [4.78, 5) is 17.7. The molecule has 0 radical (unpaired) electrons. The van der Waals surface area contributed by atoms with Crippen molar-refractivity contribution < 1.29 is 18.7 Å². The zero-order chi connectivity index (χ0) is 20.4. The number of furan rings is 1. The van der Waals surface area contributed by atoms with Crippen LogP contribution in [0.15, 0.2) is 64.5 Å². The lowest BCUT2D eigenvalue weighted by Gasteiger charge is -2.04. The number of carbonyl (C=O) groups excluding carboxylic acids is 1. The summed E-state index contributed by atoms with van der Waals surface area (Å²) in [5.74, 6) is 1.09. The number of methoxy groups -OCH3 is 1. The zero-order valence-corrected chi connectivity index (χ0v) is 17.0. The number of fused-ring (bicyclic) bond motifs is 2. The van der Waals surface area contributed by atoms with Gasteiger partial charge in [0.15, 0.2) is 21.9 Å². The Morgan fingerprint density at radius 3 is 2.93 bits per heavy atom. The first kappa shape index (κ1) is 19.0. The van der Waals surface area contributed by atoms with Gasteiger partial charge in [0, 0.05) is 11.9 Å². The quantitative estimate of drug-likeness (QED) is 0.431. The highest BCUT2D eigenvalue weighted by molar-refractivity contribution is 7.16. The van der Waals surface area contributed by atoms with Gasteiger partial charge >= 0.3 is 5.91 Å². The van der Waals surface area contributed by atoms with E-state index in [0.717, 1.165) is 21.4 Å². The maximum atomic E-state index is 12.8. The highest BCUT2D eigenvalue weighted by Crippen LogP contribution is 2.29. The monoisotopic (exact) mass is 408 g/mol. The third kappa shape index (κ3) is 3.56. The van der Waals surface area contributed by atoms with Crippen LogP contribution in [0.2, 0.25) is 0 Å². The second kappa shape index (κ2) is 7.97. The summed E-state index contributed by atoms with van der Waals surface area (Å²) >= 11 is 1.42. The maximum Gasteiger partial charge on any atom is 0.315 e. The number of nitrogens with zero attached hydrogens (tertiary/aromatic N) is 2. The number of aromatic nitrogens is 1. The lowest BCUT2D eigenvalue weighted by molar-refractivity contribution is 0.0973. The Labute approximate surface area is 171 Å². The first-order valence-corrected chi connectivity index (χ1v) is 9.99. The van der Waals surface area contributed by atoms with Gasteiger partial charge in [-0.2, -0.15) is 4.99 Å². The van der Waals surface area contributed by atoms with Crippen LogP contribution in [-0.4, -0.2) is 24.2 Å². The van der Waals surface area contributed by atoms with E-state index in [9.17, 15) is 4.79 Å². The van der Waals surface area contributed by atoms with Crippen molar-refractivity contribution in [3.05, 3.63) is 65.7 Å². The molecule has 0 saturated carbocycles. The van der Waals surface area contributed by atoms with E-state index in [2.05, 4.69) is 11.6 Å². The Bertz CT molecular complexity index is 1280. The van der Waals surface area contributed by atoms with Gasteiger partial charge in [-0.3, -0.25) is 4.79 Å². The van der Waals surface area contributed by atoms with Gasteiger partial charge in [0.05, 0.1) is 23.9 Å². The number of carbonyl (C=O) groups is 1. The Morgan fingerprint density at radius 2 is 2.17 bits per heavy atom. The van der Waals surface area contributed by atoms with Gasteiger partial charge in [-0.1, -0.05) is 29.5 Å². The van der Waals surface area contributed by atoms with E-state index in [1.165, 1.54) is 11.3 Å². The molecule has 0 aliphatic heterocycles. The molecule has 0 atom stereocenters. The second-order valence-electron chi connectivity index (χ2n) is 6.25. The summed E-state index contributed by atoms with van der Waals surface area (Å²) in [7, 11) is 1.56. The van der Waals surface area contributed by atoms with Crippen LogP contribution in [0.4, 0.5) is 0 Å². The fraction of sp³-hybridized carbons (Fsp3) is 0.182. The summed E-state index contributed by atoms with van der Waals surface area (Å²) in [6.45, 7) is 6.89. The number of hydrogen-bond acceptors (Lipinski definition) is 5. The molecule has 29 heavy (non-hydrogen) atoms. The predicted molar refractivity (Wildman–Crippen MR) is 114 cm³/mol. The standard InChI is InChI=1S/C22H20N2O4S/c1-4-11-24-16-10-9-15(27-5-2)13-19(16)29-22(24)23-21(25)18-12-14-7-6-8-17(26-3)20(14)28-18/h4,6-10,12-13H,1,5,11H2,2-3H3. The Morgan fingerprint density at radius 1 is 1.31 bits per heavy atom. The minimum Gasteiger partial charge on any atom is -0.494 e. The van der Waals surface area contributed by atoms with Crippen molar-refractivity contribution in [2.24, 2.45) is 4.99 Å². The number of rotatable bonds is 6. The Kier molecular flexibility index (Phi) is 5.22. The van der Waals surface area contributed by atoms with Crippen molar-refractivity contribution in [1.82, 2.24) is 4.57 Å². The molecule has 0 spiro atoms. The Balaban J connectivity index is 1.81. The van der Waals surface area contributed by atoms with Crippen LogP contribution in [-0.2, 0) is 6.54 Å². The van der Waals surface area contributed by atoms with Crippen molar-refractivity contribution in [1.29, 1.82) is 0 Å². The molecule has 6 nitrogen and oxygen atoms in total. The summed E-state index contributed by atoms with van der Waals surface area (Å²) in [6, 6.07) is 13.0. The number of para-hydroxylation sites is 1. The molecular weight excluding hydrogens is 388 g/mol. The molecule has 1 amide bonds. The van der Waals surface area contributed by atoms with E-state index >= 15 is 0 Å². The molecule has 2 heterocycles. The highest BCUT2D eigenvalue weighted by atomic mass is 32.1. The predicted octanol–water partition coefficient (Wildman–Crippen LogP) is 4.78. The summed E-state index contributed by atoms with van der Waals surface area (Å²) < 4.78 is 19.5. The van der Waals surface area contributed by atoms with Gasteiger partial charge in [-0.25, -0.2) is 0 Å². The average molecular weight is 408 g/mol. The Hall–Kier alpha value is -3.32. The summed E-state index contributed by atoms with van der Waals surface area (Å²) in [6.07, 6.45) is 1.78. The average Bonchev–Trinajstić information content (AvgIpc) is 3.30. The molecule has 0 bridgehead atoms. The molecule has 0 saturated heterocycles. The number of thiazole rings is 1. The maximum absolute atomic E-state index is 12.8. The van der Waals surface area contributed by atoms with Crippen LogP contribution in [0.3, 0.4) is 0 Å². The zero-order valence-electron chi connectivity index (χ0n) is 16.2. The van der Waals surface area contributed by atoms with E-state index in [4.69, 9.17) is 13.9 Å². The molecule has 0 aliphatic carbocycles. The third-order valence-corrected chi connectivity index (χ3v) is 5.45. The SMILES string of the molecule is C=CCn1c(=NC(=O)c2cc3cccc(OC)c3o2)sc2cc(OCC)ccc21. The first-order chi connectivity index (χ1) is 14.1. The molecule has 2 aromatic carbocycles. The lowest BCUT2D eigenvalue weighted by Crippen LogP contribution is -2.16. The van der Waals surface area contributed by atoms with E-state index in [1.807, 2.05) is 41.8 Å². The number of benzene rings is 2. The highest BCUT2D eigenvalue weighted by Gasteiger charge is 2.15. The molecule has 4 aromatic rings. The van der Waals surface area contributed by atoms with Crippen LogP contribution < -0.4 is 14.3 Å². The van der Waals surface area contributed by atoms with Crippen molar-refractivity contribution in [3.8, 4) is 11.5 Å². The molecule has 0 unspecified atom stereocenters. The van der Waals surface area contributed by atoms with Gasteiger partial charge in [0.2, 0.25) is 0 Å². The number of hydrogen-bond donors (Lipinski definition) is 0. The molecule has 148 valence electrons. The topological polar surface area (TPSA) is 66.0 Å². The molecule has 7 heteroatoms. The number of ether oxygens (including phenoxy) is 2. The summed E-state index contributed by atoms with van der Waals surface area (Å²) in [5, 5.41) is 0.791. The number of allylic oxidation sites excluding steroid dienone is 1. The molecule has 2 aromatic heterocycles. The van der Waals surface area contributed by atoms with Gasteiger partial charge in [0.1, 0.15) is 5.75 Å². The fourth-order valence-electron chi connectivity index (χ4n) is 3.15. The van der Waals surface area contributed by atoms with Gasteiger partial charge < -0.3 is 18.5 Å². The van der Waals surface area contributed by atoms with E-state index in [-0.39, 0.29) is 5.76 Å². The number of amides is 1. The third-order valence-electron chi connectivity index (χ3n) is 4.41. The normalized spacial score (nSPS) is 11.9. The van der Waals surface area contributed by atoms with Gasteiger partial charge in [-0.05, 0) is 37.3 Å². The van der Waals surface area contributed by atoms with Gasteiger partial charge in [0.25, 0.3) is 0 Å². The molecule has 0 N–H and O–H groups in total. The smallest absolute Gasteiger partial charge is 0.315 e. The lowest BCUT2D eigenvalue weighted by atomic mass is 10.2. The molecule has 0 fully saturated rings. The second-order valence-corrected chi connectivity index (χ2v) is 7.26. The largest absolute Gasteiger partial charge is 0.494 e. The summed E-state index contributed by atoms with van der Waals surface area (Å²) in [5.41, 5.74) is 1.50.